The number of hydrogen-bond donors (Lipinski definition) is 4. The molecule has 24 atom stereocenters. The first kappa shape index (κ1) is 59.8. The van der Waals surface area contributed by atoms with E-state index in [2.05, 4.69) is 24.3 Å². The molecule has 2 saturated carbocycles. The van der Waals surface area contributed by atoms with Gasteiger partial charge in [-0.3, -0.25) is 0 Å². The van der Waals surface area contributed by atoms with Crippen molar-refractivity contribution in [3.05, 3.63) is 103 Å². The molecule has 4 fully saturated rings. The van der Waals surface area contributed by atoms with Crippen molar-refractivity contribution in [2.24, 2.45) is 59.2 Å². The topological polar surface area (TPSA) is 223 Å². The third kappa shape index (κ3) is 10.1. The SMILES string of the molecule is CO[C@H]1C[C@H]2C=C[C@H]3[C@H]4O[C@]2(/C(C)=C/[C@@H](C)[C@@H]([C@@H](C)O)OC1=O)[C@@H]3[C@H](O)[C@@H](C)[C@H]4OC(=O)C1=CC=CC1.CO[C@H]1C[C@H]2C=C[C@H]3[C@H]4O[C@]2(/C(C)=C/[C@@H](C)[C@@H]([C@@H](C)O)OC1=O)[C@@H]3[C@H](O)[C@@H](C)[C@H]4OC(=O)C1=CC=CC1.[CH3-].[HH].[Pd]. The molecule has 0 unspecified atom stereocenters. The molecule has 0 aromatic carbocycles. The number of methoxy groups -OCH3 is 2. The van der Waals surface area contributed by atoms with Crippen LogP contribution in [-0.2, 0) is 77.5 Å². The summed E-state index contributed by atoms with van der Waals surface area (Å²) in [4.78, 5) is 52.0. The van der Waals surface area contributed by atoms with Crippen LogP contribution >= 0.6 is 0 Å². The number of cyclic esters (lactones) is 2. The number of esters is 4. The Morgan fingerprint density at radius 3 is 1.34 bits per heavy atom. The van der Waals surface area contributed by atoms with Crippen LogP contribution in [0, 0.1) is 66.6 Å². The molecule has 10 aliphatic rings. The maximum Gasteiger partial charge on any atom is 0.335 e. The molecule has 16 nitrogen and oxygen atoms in total. The second kappa shape index (κ2) is 23.5. The molecule has 6 aliphatic carbocycles. The van der Waals surface area contributed by atoms with Gasteiger partial charge in [-0.2, -0.15) is 0 Å². The van der Waals surface area contributed by atoms with Gasteiger partial charge in [-0.25, -0.2) is 19.2 Å². The first-order valence-corrected chi connectivity index (χ1v) is 26.6. The molecule has 10 rings (SSSR count). The van der Waals surface area contributed by atoms with Gasteiger partial charge in [0.15, 0.2) is 12.2 Å². The van der Waals surface area contributed by atoms with E-state index in [9.17, 15) is 39.6 Å². The van der Waals surface area contributed by atoms with E-state index < -0.39 is 96.4 Å². The van der Waals surface area contributed by atoms with Gasteiger partial charge in [-0.1, -0.05) is 101 Å². The number of aliphatic hydroxyl groups is 4. The van der Waals surface area contributed by atoms with E-state index in [4.69, 9.17) is 37.9 Å². The summed E-state index contributed by atoms with van der Waals surface area (Å²) in [6.45, 7) is 14.8. The molecule has 0 radical (unpaired) electrons. The monoisotopic (exact) mass is 1150 g/mol. The van der Waals surface area contributed by atoms with Crippen molar-refractivity contribution in [1.29, 1.82) is 0 Å². The Morgan fingerprint density at radius 2 is 1.03 bits per heavy atom. The zero-order valence-electron chi connectivity index (χ0n) is 45.5. The van der Waals surface area contributed by atoms with Crippen LogP contribution in [0.2, 0.25) is 0 Å². The Labute approximate surface area is 462 Å². The van der Waals surface area contributed by atoms with Gasteiger partial charge in [-0.05, 0) is 64.5 Å². The van der Waals surface area contributed by atoms with Gasteiger partial charge >= 0.3 is 23.9 Å². The minimum atomic E-state index is -0.918. The fourth-order valence-corrected chi connectivity index (χ4v) is 14.6. The number of carbonyl (C=O) groups excluding carboxylic acids is 4. The predicted molar refractivity (Wildman–Crippen MR) is 277 cm³/mol. The summed E-state index contributed by atoms with van der Waals surface area (Å²) in [5.41, 5.74) is 1.16. The summed E-state index contributed by atoms with van der Waals surface area (Å²) in [7, 11) is 2.94. The van der Waals surface area contributed by atoms with Crippen molar-refractivity contribution < 1.29 is 99.3 Å². The average Bonchev–Trinajstić information content (AvgIpc) is 4.17. The Morgan fingerprint density at radius 1 is 0.658 bits per heavy atom. The number of rotatable bonds is 8. The Bertz CT molecular complexity index is 2290. The van der Waals surface area contributed by atoms with E-state index in [1.165, 1.54) is 14.2 Å². The summed E-state index contributed by atoms with van der Waals surface area (Å²) in [5.74, 6) is -4.57. The molecule has 424 valence electrons. The van der Waals surface area contributed by atoms with Crippen LogP contribution < -0.4 is 0 Å². The molecule has 4 heterocycles. The Hall–Kier alpha value is -3.86. The number of allylic oxidation sites excluding steroid dienone is 6. The normalized spacial score (nSPS) is 45.6. The van der Waals surface area contributed by atoms with E-state index in [1.54, 1.807) is 26.0 Å². The molecular weight excluding hydrogens is 1070 g/mol. The standard InChI is InChI=1S/2C29H38O8.CH3.Pd.H2/c2*1-14-12-15(2)29-19(13-21(34-5)28(33)35-24(14)17(4)30)10-11-20-22(29)23(31)16(3)25(26(20)37-29)36-27(32)18-8-6-7-9-18;;;/h2*6-8,10-12,14,16-17,19-26,30-31H,9,13H2,1-5H3;1H3;;1H/q;;-1;;/b2*15-12+;;;/t2*14-,16-,17-,19-,20-,21+,22+,23-,24+,25-,26-,29+;;;/m11.../s1. The summed E-state index contributed by atoms with van der Waals surface area (Å²) in [6, 6.07) is 0. The van der Waals surface area contributed by atoms with Crippen molar-refractivity contribution in [2.75, 3.05) is 14.2 Å². The smallest absolute Gasteiger partial charge is 0.335 e. The van der Waals surface area contributed by atoms with E-state index in [0.717, 1.165) is 11.1 Å². The first-order chi connectivity index (χ1) is 35.2. The number of aliphatic hydroxyl groups excluding tert-OH is 4. The first-order valence-electron chi connectivity index (χ1n) is 26.6. The van der Waals surface area contributed by atoms with Gasteiger partial charge in [0.05, 0.1) is 24.4 Å². The summed E-state index contributed by atoms with van der Waals surface area (Å²) >= 11 is 0. The molecule has 0 aromatic rings. The largest absolute Gasteiger partial charge is 0.457 e. The van der Waals surface area contributed by atoms with Gasteiger partial charge in [0.2, 0.25) is 0 Å². The van der Waals surface area contributed by atoms with Gasteiger partial charge < -0.3 is 65.7 Å². The molecular formula is C59H81O16Pd-. The summed E-state index contributed by atoms with van der Waals surface area (Å²) < 4.78 is 48.5. The number of carbonyl (C=O) groups is 4. The van der Waals surface area contributed by atoms with E-state index >= 15 is 0 Å². The van der Waals surface area contributed by atoms with Crippen molar-refractivity contribution in [3.8, 4) is 0 Å². The van der Waals surface area contributed by atoms with Gasteiger partial charge in [-0.15, -0.1) is 0 Å². The second-order valence-electron chi connectivity index (χ2n) is 22.6. The van der Waals surface area contributed by atoms with Crippen LogP contribution in [0.3, 0.4) is 0 Å². The molecule has 0 amide bonds. The Balaban J connectivity index is 0.000000240. The van der Waals surface area contributed by atoms with Crippen molar-refractivity contribution in [2.45, 2.75) is 166 Å². The van der Waals surface area contributed by atoms with E-state index in [0.29, 0.717) is 24.0 Å². The molecule has 17 heteroatoms. The van der Waals surface area contributed by atoms with Gasteiger partial charge in [0, 0.05) is 106 Å². The molecule has 4 N–H and O–H groups in total. The maximum atomic E-state index is 13.1. The van der Waals surface area contributed by atoms with Gasteiger partial charge in [0.1, 0.15) is 47.8 Å². The minimum Gasteiger partial charge on any atom is -0.457 e. The fraction of sp³-hybridized carbons (Fsp3) is 0.644. The molecule has 76 heavy (non-hydrogen) atoms. The number of hydrogen-bond acceptors (Lipinski definition) is 16. The summed E-state index contributed by atoms with van der Waals surface area (Å²) in [6.07, 6.45) is 16.1. The van der Waals surface area contributed by atoms with Crippen molar-refractivity contribution >= 4 is 23.9 Å². The van der Waals surface area contributed by atoms with Crippen LogP contribution in [0.5, 0.6) is 0 Å². The average molecular weight is 1150 g/mol. The zero-order valence-corrected chi connectivity index (χ0v) is 47.0. The molecule has 2 spiro atoms. The molecule has 2 saturated heterocycles. The predicted octanol–water partition coefficient (Wildman–Crippen LogP) is 5.98. The van der Waals surface area contributed by atoms with Crippen molar-refractivity contribution in [1.82, 2.24) is 0 Å². The minimum absolute atomic E-state index is 0. The second-order valence-corrected chi connectivity index (χ2v) is 22.6. The quantitative estimate of drug-likeness (QED) is 0.0721. The fourth-order valence-electron chi connectivity index (χ4n) is 14.6. The molecule has 8 bridgehead atoms. The third-order valence-corrected chi connectivity index (χ3v) is 18.3. The van der Waals surface area contributed by atoms with Gasteiger partial charge in [0.25, 0.3) is 0 Å². The van der Waals surface area contributed by atoms with E-state index in [-0.39, 0.29) is 113 Å². The zero-order chi connectivity index (χ0) is 53.3. The summed E-state index contributed by atoms with van der Waals surface area (Å²) in [5, 5.41) is 44.2. The van der Waals surface area contributed by atoms with Crippen LogP contribution in [0.1, 0.15) is 82.5 Å². The molecule has 0 aromatic heterocycles. The Kier molecular flexibility index (Phi) is 18.5. The molecule has 4 aliphatic heterocycles. The third-order valence-electron chi connectivity index (χ3n) is 18.3. The van der Waals surface area contributed by atoms with Crippen LogP contribution in [0.4, 0.5) is 0 Å². The van der Waals surface area contributed by atoms with E-state index in [1.807, 2.05) is 78.0 Å². The number of ether oxygens (including phenoxy) is 8. The van der Waals surface area contributed by atoms with Crippen molar-refractivity contribution in [3.63, 3.8) is 0 Å². The van der Waals surface area contributed by atoms with Crippen LogP contribution in [0.15, 0.2) is 95.2 Å². The maximum absolute atomic E-state index is 13.1. The van der Waals surface area contributed by atoms with Crippen LogP contribution in [0.25, 0.3) is 0 Å². The van der Waals surface area contributed by atoms with Crippen LogP contribution in [-0.4, -0.2) is 143 Å².